The molecule has 5 heteroatoms. The zero-order chi connectivity index (χ0) is 12.3. The molecule has 90 valence electrons. The molecule has 3 nitrogen and oxygen atoms in total. The summed E-state index contributed by atoms with van der Waals surface area (Å²) < 4.78 is 0. The molecule has 17 heavy (non-hydrogen) atoms. The van der Waals surface area contributed by atoms with Crippen LogP contribution in [0.4, 0.5) is 0 Å². The molecule has 1 unspecified atom stereocenters. The third-order valence-corrected chi connectivity index (χ3v) is 4.04. The second-order valence-electron chi connectivity index (χ2n) is 3.84. The van der Waals surface area contributed by atoms with Gasteiger partial charge >= 0.3 is 0 Å². The van der Waals surface area contributed by atoms with Crippen molar-refractivity contribution in [1.82, 2.24) is 10.4 Å². The number of nitrogens with one attached hydrogen (secondary N) is 1. The van der Waals surface area contributed by atoms with Gasteiger partial charge in [-0.1, -0.05) is 11.6 Å². The highest BCUT2D eigenvalue weighted by atomic mass is 35.5. The number of halogens is 1. The quantitative estimate of drug-likeness (QED) is 0.662. The van der Waals surface area contributed by atoms with Crippen LogP contribution in [0.1, 0.15) is 21.4 Å². The lowest BCUT2D eigenvalue weighted by molar-refractivity contribution is 0.560. The zero-order valence-electron chi connectivity index (χ0n) is 9.48. The van der Waals surface area contributed by atoms with Gasteiger partial charge in [-0.05, 0) is 37.1 Å². The molecule has 0 aliphatic rings. The third kappa shape index (κ3) is 3.04. The molecular weight excluding hydrogens is 254 g/mol. The van der Waals surface area contributed by atoms with Crippen LogP contribution in [0, 0.1) is 6.92 Å². The first-order chi connectivity index (χ1) is 8.20. The van der Waals surface area contributed by atoms with E-state index < -0.39 is 0 Å². The number of hydrazine groups is 1. The Labute approximate surface area is 110 Å². The standard InChI is InChI=1S/C12H14ClN3S/c1-8-2-3-12(17-8)11(16-14)6-9-4-5-15-7-10(9)13/h2-5,7,11,16H,6,14H2,1H3. The molecule has 0 saturated heterocycles. The van der Waals surface area contributed by atoms with Crippen LogP contribution in [0.2, 0.25) is 5.02 Å². The lowest BCUT2D eigenvalue weighted by atomic mass is 10.1. The SMILES string of the molecule is Cc1ccc(C(Cc2ccncc2Cl)NN)s1. The van der Waals surface area contributed by atoms with Crippen molar-refractivity contribution in [3.8, 4) is 0 Å². The van der Waals surface area contributed by atoms with Gasteiger partial charge in [0.05, 0.1) is 11.1 Å². The van der Waals surface area contributed by atoms with Gasteiger partial charge in [-0.3, -0.25) is 16.3 Å². The van der Waals surface area contributed by atoms with Gasteiger partial charge in [0.15, 0.2) is 0 Å². The zero-order valence-corrected chi connectivity index (χ0v) is 11.1. The highest BCUT2D eigenvalue weighted by molar-refractivity contribution is 7.12. The minimum Gasteiger partial charge on any atom is -0.271 e. The fourth-order valence-corrected chi connectivity index (χ4v) is 2.81. The molecule has 0 aliphatic heterocycles. The Kier molecular flexibility index (Phi) is 4.12. The van der Waals surface area contributed by atoms with E-state index in [1.807, 2.05) is 6.07 Å². The van der Waals surface area contributed by atoms with Crippen LogP contribution in [0.25, 0.3) is 0 Å². The highest BCUT2D eigenvalue weighted by Crippen LogP contribution is 2.27. The summed E-state index contributed by atoms with van der Waals surface area (Å²) in [6.07, 6.45) is 4.16. The van der Waals surface area contributed by atoms with Gasteiger partial charge in [-0.15, -0.1) is 11.3 Å². The number of thiophene rings is 1. The summed E-state index contributed by atoms with van der Waals surface area (Å²) in [4.78, 5) is 6.47. The van der Waals surface area contributed by atoms with Crippen molar-refractivity contribution in [2.24, 2.45) is 5.84 Å². The molecule has 2 rings (SSSR count). The van der Waals surface area contributed by atoms with Crippen molar-refractivity contribution in [1.29, 1.82) is 0 Å². The number of hydrogen-bond donors (Lipinski definition) is 2. The van der Waals surface area contributed by atoms with E-state index in [1.54, 1.807) is 23.7 Å². The number of nitrogens with two attached hydrogens (primary N) is 1. The van der Waals surface area contributed by atoms with Gasteiger partial charge in [0.1, 0.15) is 0 Å². The number of pyridine rings is 1. The molecule has 0 aromatic carbocycles. The number of aromatic nitrogens is 1. The van der Waals surface area contributed by atoms with E-state index in [2.05, 4.69) is 29.5 Å². The maximum atomic E-state index is 6.09. The average molecular weight is 268 g/mol. The summed E-state index contributed by atoms with van der Waals surface area (Å²) in [6.45, 7) is 2.08. The smallest absolute Gasteiger partial charge is 0.0622 e. The monoisotopic (exact) mass is 267 g/mol. The summed E-state index contributed by atoms with van der Waals surface area (Å²) in [5, 5.41) is 0.682. The number of hydrogen-bond acceptors (Lipinski definition) is 4. The van der Waals surface area contributed by atoms with Crippen molar-refractivity contribution >= 4 is 22.9 Å². The van der Waals surface area contributed by atoms with E-state index in [9.17, 15) is 0 Å². The first kappa shape index (κ1) is 12.5. The normalized spacial score (nSPS) is 12.6. The predicted molar refractivity (Wildman–Crippen MR) is 72.1 cm³/mol. The Balaban J connectivity index is 2.18. The molecule has 0 amide bonds. The minimum atomic E-state index is 0.0913. The predicted octanol–water partition coefficient (Wildman–Crippen LogP) is 2.85. The molecular formula is C12H14ClN3S. The molecule has 0 aliphatic carbocycles. The molecule has 0 saturated carbocycles. The van der Waals surface area contributed by atoms with Crippen LogP contribution < -0.4 is 11.3 Å². The highest BCUT2D eigenvalue weighted by Gasteiger charge is 2.14. The first-order valence-electron chi connectivity index (χ1n) is 5.31. The molecule has 0 bridgehead atoms. The van der Waals surface area contributed by atoms with Crippen LogP contribution in [0.3, 0.4) is 0 Å². The van der Waals surface area contributed by atoms with Gasteiger partial charge in [0.2, 0.25) is 0 Å². The number of aryl methyl sites for hydroxylation is 1. The van der Waals surface area contributed by atoms with E-state index in [1.165, 1.54) is 9.75 Å². The average Bonchev–Trinajstić information content (AvgIpc) is 2.75. The number of nitrogens with zero attached hydrogens (tertiary/aromatic N) is 1. The van der Waals surface area contributed by atoms with Crippen LogP contribution in [0.15, 0.2) is 30.6 Å². The molecule has 2 aromatic rings. The molecule has 0 spiro atoms. The summed E-state index contributed by atoms with van der Waals surface area (Å²) in [6, 6.07) is 6.21. The number of rotatable bonds is 4. The van der Waals surface area contributed by atoms with Crippen molar-refractivity contribution < 1.29 is 0 Å². The largest absolute Gasteiger partial charge is 0.271 e. The molecule has 2 heterocycles. The Bertz CT molecular complexity index is 498. The summed E-state index contributed by atoms with van der Waals surface area (Å²) >= 11 is 7.83. The van der Waals surface area contributed by atoms with Gasteiger partial charge < -0.3 is 0 Å². The van der Waals surface area contributed by atoms with Crippen LogP contribution in [-0.4, -0.2) is 4.98 Å². The van der Waals surface area contributed by atoms with E-state index in [-0.39, 0.29) is 6.04 Å². The Morgan fingerprint density at radius 1 is 1.47 bits per heavy atom. The third-order valence-electron chi connectivity index (χ3n) is 2.59. The molecule has 2 aromatic heterocycles. The van der Waals surface area contributed by atoms with E-state index in [0.717, 1.165) is 12.0 Å². The first-order valence-corrected chi connectivity index (χ1v) is 6.51. The summed E-state index contributed by atoms with van der Waals surface area (Å²) in [5.41, 5.74) is 3.89. The Morgan fingerprint density at radius 3 is 2.88 bits per heavy atom. The summed E-state index contributed by atoms with van der Waals surface area (Å²) in [7, 11) is 0. The molecule has 0 fully saturated rings. The molecule has 0 radical (unpaired) electrons. The molecule has 1 atom stereocenters. The van der Waals surface area contributed by atoms with E-state index >= 15 is 0 Å². The van der Waals surface area contributed by atoms with Crippen LogP contribution >= 0.6 is 22.9 Å². The second kappa shape index (κ2) is 5.60. The summed E-state index contributed by atoms with van der Waals surface area (Å²) in [5.74, 6) is 5.61. The van der Waals surface area contributed by atoms with Gasteiger partial charge in [0, 0.05) is 22.1 Å². The van der Waals surface area contributed by atoms with Gasteiger partial charge in [-0.2, -0.15) is 0 Å². The van der Waals surface area contributed by atoms with E-state index in [4.69, 9.17) is 17.4 Å². The van der Waals surface area contributed by atoms with Crippen molar-refractivity contribution in [2.45, 2.75) is 19.4 Å². The Hall–Kier alpha value is -0.940. The van der Waals surface area contributed by atoms with Gasteiger partial charge in [-0.25, -0.2) is 0 Å². The van der Waals surface area contributed by atoms with Crippen LogP contribution in [0.5, 0.6) is 0 Å². The van der Waals surface area contributed by atoms with Gasteiger partial charge in [0.25, 0.3) is 0 Å². The maximum Gasteiger partial charge on any atom is 0.0622 e. The minimum absolute atomic E-state index is 0.0913. The van der Waals surface area contributed by atoms with Crippen molar-refractivity contribution in [2.75, 3.05) is 0 Å². The van der Waals surface area contributed by atoms with E-state index in [0.29, 0.717) is 5.02 Å². The fourth-order valence-electron chi connectivity index (χ4n) is 1.67. The second-order valence-corrected chi connectivity index (χ2v) is 5.57. The maximum absolute atomic E-state index is 6.09. The van der Waals surface area contributed by atoms with Crippen molar-refractivity contribution in [3.05, 3.63) is 50.9 Å². The Morgan fingerprint density at radius 2 is 2.29 bits per heavy atom. The fraction of sp³-hybridized carbons (Fsp3) is 0.250. The van der Waals surface area contributed by atoms with Crippen LogP contribution in [-0.2, 0) is 6.42 Å². The van der Waals surface area contributed by atoms with Crippen molar-refractivity contribution in [3.63, 3.8) is 0 Å². The lowest BCUT2D eigenvalue weighted by Crippen LogP contribution is -2.29. The lowest BCUT2D eigenvalue weighted by Gasteiger charge is -2.14. The topological polar surface area (TPSA) is 50.9 Å². The molecule has 3 N–H and O–H groups in total.